The van der Waals surface area contributed by atoms with Crippen molar-refractivity contribution in [1.29, 1.82) is 0 Å². The normalized spacial score (nSPS) is 16.7. The van der Waals surface area contributed by atoms with Crippen LogP contribution < -0.4 is 20.1 Å². The Kier molecular flexibility index (Phi) is 7.08. The topological polar surface area (TPSA) is 85.9 Å². The maximum Gasteiger partial charge on any atom is 0.265 e. The van der Waals surface area contributed by atoms with Gasteiger partial charge in [-0.2, -0.15) is 0 Å². The van der Waals surface area contributed by atoms with Gasteiger partial charge >= 0.3 is 0 Å². The lowest BCUT2D eigenvalue weighted by molar-refractivity contribution is -0.122. The molecule has 0 bridgehead atoms. The number of rotatable bonds is 8. The van der Waals surface area contributed by atoms with E-state index in [1.54, 1.807) is 62.6 Å². The molecule has 1 aliphatic heterocycles. The van der Waals surface area contributed by atoms with Crippen LogP contribution in [-0.4, -0.2) is 44.3 Å². The van der Waals surface area contributed by atoms with Gasteiger partial charge in [0.1, 0.15) is 11.5 Å². The first kappa shape index (κ1) is 20.7. The van der Waals surface area contributed by atoms with Gasteiger partial charge in [0, 0.05) is 13.2 Å². The molecule has 0 aliphatic carbocycles. The molecule has 1 saturated heterocycles. The van der Waals surface area contributed by atoms with E-state index in [4.69, 9.17) is 14.2 Å². The van der Waals surface area contributed by atoms with Crippen molar-refractivity contribution in [2.24, 2.45) is 0 Å². The van der Waals surface area contributed by atoms with Crippen molar-refractivity contribution in [3.63, 3.8) is 0 Å². The van der Waals surface area contributed by atoms with Crippen LogP contribution in [0.3, 0.4) is 0 Å². The highest BCUT2D eigenvalue weighted by Crippen LogP contribution is 2.20. The third kappa shape index (κ3) is 5.71. The Morgan fingerprint density at radius 1 is 1.14 bits per heavy atom. The number of hydrogen-bond acceptors (Lipinski definition) is 5. The van der Waals surface area contributed by atoms with Gasteiger partial charge in [-0.1, -0.05) is 12.1 Å². The molecule has 2 aromatic rings. The lowest BCUT2D eigenvalue weighted by Crippen LogP contribution is -2.34. The Labute approximate surface area is 170 Å². The van der Waals surface area contributed by atoms with E-state index in [-0.39, 0.29) is 17.9 Å². The molecule has 7 nitrogen and oxygen atoms in total. The van der Waals surface area contributed by atoms with Crippen molar-refractivity contribution in [3.05, 3.63) is 54.1 Å². The van der Waals surface area contributed by atoms with Crippen LogP contribution in [0.4, 0.5) is 5.69 Å². The van der Waals surface area contributed by atoms with E-state index < -0.39 is 6.10 Å². The maximum atomic E-state index is 12.6. The SMILES string of the molecule is COc1ccc(O[C@@H](C)C(=O)Nc2ccccc2C(=O)NC[C@@H]2CCCO2)cc1. The Hall–Kier alpha value is -3.06. The number of methoxy groups -OCH3 is 1. The van der Waals surface area contributed by atoms with E-state index in [0.717, 1.165) is 19.4 Å². The zero-order chi connectivity index (χ0) is 20.6. The molecule has 1 heterocycles. The van der Waals surface area contributed by atoms with Crippen LogP contribution in [0.25, 0.3) is 0 Å². The standard InChI is InChI=1S/C22H26N2O5/c1-15(29-17-11-9-16(27-2)10-12-17)21(25)24-20-8-4-3-7-19(20)22(26)23-14-18-6-5-13-28-18/h3-4,7-12,15,18H,5-6,13-14H2,1-2H3,(H,23,26)(H,24,25)/t15-,18-/m0/s1. The number of carbonyl (C=O) groups is 2. The van der Waals surface area contributed by atoms with Gasteiger partial charge in [-0.15, -0.1) is 0 Å². The van der Waals surface area contributed by atoms with Crippen molar-refractivity contribution in [2.75, 3.05) is 25.6 Å². The fourth-order valence-electron chi connectivity index (χ4n) is 3.04. The quantitative estimate of drug-likeness (QED) is 0.714. The predicted octanol–water partition coefficient (Wildman–Crippen LogP) is 3.01. The smallest absolute Gasteiger partial charge is 0.265 e. The highest BCUT2D eigenvalue weighted by Gasteiger charge is 2.20. The van der Waals surface area contributed by atoms with Crippen molar-refractivity contribution in [2.45, 2.75) is 32.0 Å². The molecule has 7 heteroatoms. The molecular formula is C22H26N2O5. The van der Waals surface area contributed by atoms with Gasteiger partial charge in [-0.25, -0.2) is 0 Å². The van der Waals surface area contributed by atoms with Crippen molar-refractivity contribution in [1.82, 2.24) is 5.32 Å². The molecule has 2 aromatic carbocycles. The summed E-state index contributed by atoms with van der Waals surface area (Å²) in [7, 11) is 1.58. The molecule has 0 aromatic heterocycles. The fourth-order valence-corrected chi connectivity index (χ4v) is 3.04. The summed E-state index contributed by atoms with van der Waals surface area (Å²) in [6, 6.07) is 13.9. The molecule has 0 spiro atoms. The van der Waals surface area contributed by atoms with E-state index in [1.165, 1.54) is 0 Å². The number of carbonyl (C=O) groups excluding carboxylic acids is 2. The zero-order valence-corrected chi connectivity index (χ0v) is 16.6. The van der Waals surface area contributed by atoms with Crippen LogP contribution in [0.2, 0.25) is 0 Å². The van der Waals surface area contributed by atoms with E-state index in [0.29, 0.717) is 29.3 Å². The second-order valence-electron chi connectivity index (χ2n) is 6.82. The van der Waals surface area contributed by atoms with E-state index in [1.807, 2.05) is 0 Å². The van der Waals surface area contributed by atoms with Gasteiger partial charge in [-0.05, 0) is 56.2 Å². The molecule has 1 aliphatic rings. The average Bonchev–Trinajstić information content (AvgIpc) is 3.26. The first-order valence-corrected chi connectivity index (χ1v) is 9.67. The predicted molar refractivity (Wildman–Crippen MR) is 109 cm³/mol. The Balaban J connectivity index is 1.59. The summed E-state index contributed by atoms with van der Waals surface area (Å²) in [5.41, 5.74) is 0.836. The first-order chi connectivity index (χ1) is 14.1. The summed E-state index contributed by atoms with van der Waals surface area (Å²) in [5.74, 6) is 0.661. The first-order valence-electron chi connectivity index (χ1n) is 9.67. The lowest BCUT2D eigenvalue weighted by atomic mass is 10.1. The summed E-state index contributed by atoms with van der Waals surface area (Å²) in [4.78, 5) is 25.1. The lowest BCUT2D eigenvalue weighted by Gasteiger charge is -2.17. The molecule has 1 fully saturated rings. The Morgan fingerprint density at radius 3 is 2.55 bits per heavy atom. The number of hydrogen-bond donors (Lipinski definition) is 2. The highest BCUT2D eigenvalue weighted by atomic mass is 16.5. The van der Waals surface area contributed by atoms with Gasteiger partial charge in [0.05, 0.1) is 24.5 Å². The van der Waals surface area contributed by atoms with Crippen LogP contribution in [0, 0.1) is 0 Å². The van der Waals surface area contributed by atoms with Gasteiger partial charge in [-0.3, -0.25) is 9.59 Å². The number of para-hydroxylation sites is 1. The molecular weight excluding hydrogens is 372 g/mol. The summed E-state index contributed by atoms with van der Waals surface area (Å²) in [6.45, 7) is 2.84. The van der Waals surface area contributed by atoms with Crippen LogP contribution in [0.1, 0.15) is 30.1 Å². The van der Waals surface area contributed by atoms with Crippen LogP contribution in [0.5, 0.6) is 11.5 Å². The summed E-state index contributed by atoms with van der Waals surface area (Å²) >= 11 is 0. The van der Waals surface area contributed by atoms with E-state index >= 15 is 0 Å². The third-order valence-corrected chi connectivity index (χ3v) is 4.69. The average molecular weight is 398 g/mol. The Bertz CT molecular complexity index is 831. The molecule has 29 heavy (non-hydrogen) atoms. The summed E-state index contributed by atoms with van der Waals surface area (Å²) < 4.78 is 16.3. The Morgan fingerprint density at radius 2 is 1.86 bits per heavy atom. The zero-order valence-electron chi connectivity index (χ0n) is 16.6. The number of ether oxygens (including phenoxy) is 3. The molecule has 2 amide bonds. The van der Waals surface area contributed by atoms with Crippen molar-refractivity contribution >= 4 is 17.5 Å². The summed E-state index contributed by atoms with van der Waals surface area (Å²) in [5, 5.41) is 5.66. The summed E-state index contributed by atoms with van der Waals surface area (Å²) in [6.07, 6.45) is 1.27. The van der Waals surface area contributed by atoms with Crippen LogP contribution in [-0.2, 0) is 9.53 Å². The largest absolute Gasteiger partial charge is 0.497 e. The van der Waals surface area contributed by atoms with Gasteiger partial charge < -0.3 is 24.8 Å². The van der Waals surface area contributed by atoms with Crippen LogP contribution in [0.15, 0.2) is 48.5 Å². The fraction of sp³-hybridized carbons (Fsp3) is 0.364. The van der Waals surface area contributed by atoms with Crippen molar-refractivity contribution < 1.29 is 23.8 Å². The molecule has 0 radical (unpaired) electrons. The highest BCUT2D eigenvalue weighted by molar-refractivity contribution is 6.04. The minimum atomic E-state index is -0.744. The van der Waals surface area contributed by atoms with Crippen molar-refractivity contribution in [3.8, 4) is 11.5 Å². The maximum absolute atomic E-state index is 12.6. The van der Waals surface area contributed by atoms with Gasteiger partial charge in [0.25, 0.3) is 11.8 Å². The minimum absolute atomic E-state index is 0.0543. The molecule has 0 saturated carbocycles. The van der Waals surface area contributed by atoms with Gasteiger partial charge in [0.2, 0.25) is 0 Å². The monoisotopic (exact) mass is 398 g/mol. The molecule has 3 rings (SSSR count). The third-order valence-electron chi connectivity index (χ3n) is 4.69. The number of benzene rings is 2. The molecule has 2 atom stereocenters. The molecule has 2 N–H and O–H groups in total. The minimum Gasteiger partial charge on any atom is -0.497 e. The van der Waals surface area contributed by atoms with E-state index in [2.05, 4.69) is 10.6 Å². The van der Waals surface area contributed by atoms with E-state index in [9.17, 15) is 9.59 Å². The molecule has 0 unspecified atom stereocenters. The van der Waals surface area contributed by atoms with Crippen LogP contribution >= 0.6 is 0 Å². The number of anilines is 1. The molecule has 154 valence electrons. The number of amides is 2. The second kappa shape index (κ2) is 9.93. The second-order valence-corrected chi connectivity index (χ2v) is 6.82. The van der Waals surface area contributed by atoms with Gasteiger partial charge in [0.15, 0.2) is 6.10 Å². The number of nitrogens with one attached hydrogen (secondary N) is 2.